The molecule has 1 atom stereocenters. The minimum atomic E-state index is -0.539. The average molecular weight is 396 g/mol. The summed E-state index contributed by atoms with van der Waals surface area (Å²) in [6, 6.07) is 16.0. The smallest absolute Gasteiger partial charge is 0.340 e. The Morgan fingerprint density at radius 1 is 1.18 bits per heavy atom. The highest BCUT2D eigenvalue weighted by Crippen LogP contribution is 2.46. The Morgan fingerprint density at radius 3 is 2.61 bits per heavy atom. The standard InChI is InChI=1S/C22H18ClNO4/c1-2-27-22(26)20-18(13-3-7-14(23)8-4-13)19-16-11-15(25)9-5-12(16)6-10-17(19)28-21(20)24/h3-11,18,25H,2,24H2,1H3. The predicted molar refractivity (Wildman–Crippen MR) is 107 cm³/mol. The summed E-state index contributed by atoms with van der Waals surface area (Å²) in [7, 11) is 0. The molecule has 4 rings (SSSR count). The van der Waals surface area contributed by atoms with Crippen molar-refractivity contribution in [2.45, 2.75) is 12.8 Å². The molecule has 5 nitrogen and oxygen atoms in total. The van der Waals surface area contributed by atoms with Crippen molar-refractivity contribution in [2.24, 2.45) is 5.73 Å². The zero-order valence-corrected chi connectivity index (χ0v) is 15.9. The first-order chi connectivity index (χ1) is 13.5. The summed E-state index contributed by atoms with van der Waals surface area (Å²) in [5.41, 5.74) is 7.93. The number of hydrogen-bond acceptors (Lipinski definition) is 5. The van der Waals surface area contributed by atoms with Gasteiger partial charge in [-0.15, -0.1) is 0 Å². The van der Waals surface area contributed by atoms with Crippen molar-refractivity contribution >= 4 is 28.3 Å². The average Bonchev–Trinajstić information content (AvgIpc) is 2.67. The number of carbonyl (C=O) groups is 1. The molecule has 1 unspecified atom stereocenters. The lowest BCUT2D eigenvalue weighted by molar-refractivity contribution is -0.139. The molecule has 1 heterocycles. The fraction of sp³-hybridized carbons (Fsp3) is 0.136. The Morgan fingerprint density at radius 2 is 1.89 bits per heavy atom. The van der Waals surface area contributed by atoms with Crippen LogP contribution in [0.25, 0.3) is 10.8 Å². The Hall–Kier alpha value is -3.18. The number of ether oxygens (including phenoxy) is 2. The first-order valence-electron chi connectivity index (χ1n) is 8.85. The van der Waals surface area contributed by atoms with E-state index in [1.807, 2.05) is 30.3 Å². The number of aromatic hydroxyl groups is 1. The van der Waals surface area contributed by atoms with Gasteiger partial charge in [0.25, 0.3) is 0 Å². The molecule has 3 N–H and O–H groups in total. The van der Waals surface area contributed by atoms with Crippen LogP contribution in [0.15, 0.2) is 66.1 Å². The maximum atomic E-state index is 12.8. The number of halogens is 1. The summed E-state index contributed by atoms with van der Waals surface area (Å²) in [6.07, 6.45) is 0. The van der Waals surface area contributed by atoms with Crippen LogP contribution in [-0.2, 0) is 9.53 Å². The fourth-order valence-corrected chi connectivity index (χ4v) is 3.70. The maximum absolute atomic E-state index is 12.8. The molecular formula is C22H18ClNO4. The first-order valence-corrected chi connectivity index (χ1v) is 9.23. The van der Waals surface area contributed by atoms with Crippen molar-refractivity contribution in [1.82, 2.24) is 0 Å². The Kier molecular flexibility index (Phi) is 4.61. The van der Waals surface area contributed by atoms with Crippen molar-refractivity contribution in [3.8, 4) is 11.5 Å². The lowest BCUT2D eigenvalue weighted by Gasteiger charge is -2.29. The molecule has 0 aliphatic carbocycles. The van der Waals surface area contributed by atoms with Gasteiger partial charge in [-0.25, -0.2) is 4.79 Å². The topological polar surface area (TPSA) is 81.8 Å². The van der Waals surface area contributed by atoms with E-state index in [9.17, 15) is 9.90 Å². The van der Waals surface area contributed by atoms with Crippen LogP contribution in [0.2, 0.25) is 5.02 Å². The highest BCUT2D eigenvalue weighted by atomic mass is 35.5. The molecule has 3 aromatic carbocycles. The molecule has 1 aliphatic heterocycles. The highest BCUT2D eigenvalue weighted by molar-refractivity contribution is 6.30. The summed E-state index contributed by atoms with van der Waals surface area (Å²) in [6.45, 7) is 1.95. The Balaban J connectivity index is 2.03. The van der Waals surface area contributed by atoms with Crippen LogP contribution in [0.4, 0.5) is 0 Å². The van der Waals surface area contributed by atoms with Crippen LogP contribution in [0.1, 0.15) is 24.0 Å². The number of rotatable bonds is 3. The number of phenols is 1. The van der Waals surface area contributed by atoms with E-state index in [2.05, 4.69) is 0 Å². The number of phenolic OH excluding ortho intramolecular Hbond substituents is 1. The van der Waals surface area contributed by atoms with Crippen LogP contribution < -0.4 is 10.5 Å². The van der Waals surface area contributed by atoms with E-state index in [0.29, 0.717) is 10.8 Å². The molecule has 0 bridgehead atoms. The third-order valence-electron chi connectivity index (χ3n) is 4.77. The molecule has 0 saturated heterocycles. The highest BCUT2D eigenvalue weighted by Gasteiger charge is 2.36. The lowest BCUT2D eigenvalue weighted by atomic mass is 9.80. The normalized spacial score (nSPS) is 15.9. The van der Waals surface area contributed by atoms with Crippen molar-refractivity contribution in [1.29, 1.82) is 0 Å². The van der Waals surface area contributed by atoms with Gasteiger partial charge in [0.05, 0.1) is 12.5 Å². The monoisotopic (exact) mass is 395 g/mol. The van der Waals surface area contributed by atoms with E-state index in [0.717, 1.165) is 21.9 Å². The molecule has 0 saturated carbocycles. The van der Waals surface area contributed by atoms with Crippen molar-refractivity contribution < 1.29 is 19.4 Å². The number of benzene rings is 3. The Labute approximate surface area is 166 Å². The van der Waals surface area contributed by atoms with E-state index in [-0.39, 0.29) is 23.8 Å². The van der Waals surface area contributed by atoms with E-state index in [4.69, 9.17) is 26.8 Å². The van der Waals surface area contributed by atoms with Gasteiger partial charge in [-0.1, -0.05) is 35.9 Å². The summed E-state index contributed by atoms with van der Waals surface area (Å²) in [4.78, 5) is 12.8. The van der Waals surface area contributed by atoms with Crippen molar-refractivity contribution in [2.75, 3.05) is 6.61 Å². The van der Waals surface area contributed by atoms with Crippen molar-refractivity contribution in [3.63, 3.8) is 0 Å². The van der Waals surface area contributed by atoms with Crippen molar-refractivity contribution in [3.05, 3.63) is 82.2 Å². The fourth-order valence-electron chi connectivity index (χ4n) is 3.57. The number of esters is 1. The first kappa shape index (κ1) is 18.2. The third kappa shape index (κ3) is 3.04. The predicted octanol–water partition coefficient (Wildman–Crippen LogP) is 4.46. The summed E-state index contributed by atoms with van der Waals surface area (Å²) in [5, 5.41) is 12.3. The number of nitrogens with two attached hydrogens (primary N) is 1. The van der Waals surface area contributed by atoms with Crippen LogP contribution in [0, 0.1) is 0 Å². The minimum Gasteiger partial charge on any atom is -0.508 e. The van der Waals surface area contributed by atoms with Crippen LogP contribution in [0.5, 0.6) is 11.5 Å². The second-order valence-corrected chi connectivity index (χ2v) is 6.90. The SMILES string of the molecule is CCOC(=O)C1=C(N)Oc2ccc3ccc(O)cc3c2C1c1ccc(Cl)cc1. The van der Waals surface area contributed by atoms with E-state index in [1.165, 1.54) is 0 Å². The van der Waals surface area contributed by atoms with Gasteiger partial charge in [0.2, 0.25) is 5.88 Å². The van der Waals surface area contributed by atoms with E-state index < -0.39 is 11.9 Å². The molecule has 1 aliphatic rings. The molecule has 0 aromatic heterocycles. The van der Waals surface area contributed by atoms with Crippen LogP contribution in [0.3, 0.4) is 0 Å². The summed E-state index contributed by atoms with van der Waals surface area (Å²) < 4.78 is 11.0. The molecule has 0 amide bonds. The lowest BCUT2D eigenvalue weighted by Crippen LogP contribution is -2.27. The minimum absolute atomic E-state index is 0.00500. The second-order valence-electron chi connectivity index (χ2n) is 6.47. The molecule has 6 heteroatoms. The van der Waals surface area contributed by atoms with Gasteiger partial charge in [-0.2, -0.15) is 0 Å². The van der Waals surface area contributed by atoms with Gasteiger partial charge in [0.1, 0.15) is 17.1 Å². The van der Waals surface area contributed by atoms with Gasteiger partial charge in [-0.3, -0.25) is 0 Å². The van der Waals surface area contributed by atoms with Crippen LogP contribution in [-0.4, -0.2) is 17.7 Å². The largest absolute Gasteiger partial charge is 0.508 e. The van der Waals surface area contributed by atoms with Gasteiger partial charge < -0.3 is 20.3 Å². The molecule has 142 valence electrons. The van der Waals surface area contributed by atoms with Gasteiger partial charge in [0.15, 0.2) is 0 Å². The number of hydrogen-bond donors (Lipinski definition) is 2. The number of carbonyl (C=O) groups excluding carboxylic acids is 1. The van der Waals surface area contributed by atoms with E-state index >= 15 is 0 Å². The zero-order valence-electron chi connectivity index (χ0n) is 15.1. The molecular weight excluding hydrogens is 378 g/mol. The molecule has 3 aromatic rings. The van der Waals surface area contributed by atoms with E-state index in [1.54, 1.807) is 31.2 Å². The van der Waals surface area contributed by atoms with Gasteiger partial charge >= 0.3 is 5.97 Å². The zero-order chi connectivity index (χ0) is 19.8. The van der Waals surface area contributed by atoms with Gasteiger partial charge in [0, 0.05) is 10.6 Å². The summed E-state index contributed by atoms with van der Waals surface area (Å²) in [5.74, 6) is -0.404. The molecule has 0 radical (unpaired) electrons. The maximum Gasteiger partial charge on any atom is 0.340 e. The third-order valence-corrected chi connectivity index (χ3v) is 5.02. The van der Waals surface area contributed by atoms with Crippen LogP contribution >= 0.6 is 11.6 Å². The quantitative estimate of drug-likeness (QED) is 0.640. The summed E-state index contributed by atoms with van der Waals surface area (Å²) >= 11 is 6.06. The van der Waals surface area contributed by atoms with Gasteiger partial charge in [-0.05, 0) is 53.6 Å². The molecule has 0 fully saturated rings. The Bertz CT molecular complexity index is 1110. The number of fused-ring (bicyclic) bond motifs is 3. The second kappa shape index (κ2) is 7.09. The molecule has 0 spiro atoms. The molecule has 28 heavy (non-hydrogen) atoms.